The van der Waals surface area contributed by atoms with Crippen LogP contribution in [0.5, 0.6) is 51.7 Å². The number of primary amides is 1. The maximum Gasteiger partial charge on any atom is 0.330 e. The van der Waals surface area contributed by atoms with Crippen LogP contribution in [-0.4, -0.2) is 236 Å². The van der Waals surface area contributed by atoms with Gasteiger partial charge < -0.3 is 137 Å². The number of aliphatic carboxylic acids is 1. The molecular formula is C86H100Cl4N11O24+. The van der Waals surface area contributed by atoms with Crippen molar-refractivity contribution in [2.75, 3.05) is 54.9 Å². The van der Waals surface area contributed by atoms with E-state index in [9.17, 15) is 60.3 Å². The Balaban J connectivity index is 1.04. The molecule has 7 heterocycles. The Hall–Kier alpha value is -10.4. The number of carboxylic acids is 1. The summed E-state index contributed by atoms with van der Waals surface area (Å²) in [6, 6.07) is 12.1. The zero-order chi connectivity index (χ0) is 90.7. The van der Waals surface area contributed by atoms with Crippen LogP contribution < -0.4 is 67.2 Å². The van der Waals surface area contributed by atoms with Gasteiger partial charge in [-0.3, -0.25) is 33.6 Å². The van der Waals surface area contributed by atoms with Gasteiger partial charge in [-0.05, 0) is 160 Å². The molecule has 18 atom stereocenters. The number of phenols is 3. The minimum absolute atomic E-state index is 0.0267. The van der Waals surface area contributed by atoms with Crippen molar-refractivity contribution >= 4 is 93.7 Å². The van der Waals surface area contributed by atoms with Crippen molar-refractivity contribution in [3.8, 4) is 62.9 Å². The Morgan fingerprint density at radius 2 is 1.30 bits per heavy atom. The number of carbonyl (C=O) groups excluding carboxylic acids is 7. The molecule has 7 aliphatic rings. The molecule has 0 radical (unpaired) electrons. The number of nitrogens with two attached hydrogens (primary N) is 1. The van der Waals surface area contributed by atoms with Gasteiger partial charge in [0.15, 0.2) is 29.9 Å². The number of ether oxygens (including phenoxy) is 7. The number of likely N-dealkylation sites (N-methyl/N-ethyl adjacent to an activating group) is 3. The summed E-state index contributed by atoms with van der Waals surface area (Å²) in [7, 11) is 8.95. The number of rotatable bonds is 23. The summed E-state index contributed by atoms with van der Waals surface area (Å²) in [6.45, 7) is 8.33. The quantitative estimate of drug-likeness (QED) is 0.0353. The molecule has 2 fully saturated rings. The van der Waals surface area contributed by atoms with Crippen LogP contribution >= 0.6 is 46.4 Å². The molecule has 39 heteroatoms. The number of fused-ring (bicyclic) bond motifs is 15. The highest BCUT2D eigenvalue weighted by molar-refractivity contribution is 6.42. The van der Waals surface area contributed by atoms with Gasteiger partial charge in [0.1, 0.15) is 108 Å². The van der Waals surface area contributed by atoms with Gasteiger partial charge in [-0.2, -0.15) is 0 Å². The smallest absolute Gasteiger partial charge is 0.330 e. The fraction of sp³-hybridized carbons (Fsp3) is 0.419. The second kappa shape index (κ2) is 39.2. The zero-order valence-electron chi connectivity index (χ0n) is 69.2. The molecule has 125 heavy (non-hydrogen) atoms. The van der Waals surface area contributed by atoms with E-state index in [1.807, 2.05) is 59.1 Å². The Morgan fingerprint density at radius 1 is 0.672 bits per heavy atom. The van der Waals surface area contributed by atoms with E-state index in [1.54, 1.807) is 44.2 Å². The van der Waals surface area contributed by atoms with Crippen molar-refractivity contribution in [3.63, 3.8) is 0 Å². The Bertz CT molecular complexity index is 5230. The average molecular weight is 1810 g/mol. The van der Waals surface area contributed by atoms with Gasteiger partial charge in [-0.1, -0.05) is 96.6 Å². The standard InChI is InChI=1S/C86H99Cl4N11O24/c1-38(2)24-54(92-5)78(111)98-69-71(106)43-14-20-58(52(89)27-43)121-60-29-45-30-61(75(60)125-85-76(74(109)73(108)62(123-85)36-101(8,9)23-22-100(6)7)124-64-34-86(4,77(110)39(3)120-64)93-35-40-10-16-47(17-11-40)119-37-41-12-18-50(87)51(88)25-41)122-59-21-15-44(28-53(59)90)72(107)70-83(116)97-68(84(117)118)49-31-46(102)32-57(104)65(49)48-26-42(13-19-56(48)103)66(80(113)99-70)96-81(114)67(45)95-79(112)55(33-63(91)105)94-82(69)115/h10-21,25-32,38-39,54-55,62,64,66-74,76-77,85,92-93,106-110H,22-24,33-37H2,1-9H3,(H11-,91,94,95,96,97,98,99,102,103,104,105,111,112,113,114,115,116,117,118)/p+1/t39?,54-,55+,62?,64?,66-,67-,68+,69-,70+,71-,72-,73?,74?,76?,77?,85?,86?/m1/s1. The van der Waals surface area contributed by atoms with Gasteiger partial charge in [0.25, 0.3) is 0 Å². The number of nitrogens with one attached hydrogen (secondary N) is 8. The predicted molar refractivity (Wildman–Crippen MR) is 452 cm³/mol. The fourth-order valence-electron chi connectivity index (χ4n) is 15.5. The number of amides is 7. The summed E-state index contributed by atoms with van der Waals surface area (Å²) in [5, 5.41) is 129. The molecule has 0 aromatic heterocycles. The van der Waals surface area contributed by atoms with E-state index in [0.717, 1.165) is 59.7 Å². The van der Waals surface area contributed by atoms with Crippen LogP contribution in [0, 0.1) is 5.92 Å². The maximum absolute atomic E-state index is 16.4. The fourth-order valence-corrected chi connectivity index (χ4v) is 16.3. The molecule has 2 saturated heterocycles. The number of quaternary nitrogens is 1. The summed E-state index contributed by atoms with van der Waals surface area (Å²) in [6.07, 6.45) is -17.9. The molecule has 0 aliphatic carbocycles. The van der Waals surface area contributed by atoms with Gasteiger partial charge in [-0.25, -0.2) is 4.79 Å². The molecule has 0 spiro atoms. The van der Waals surface area contributed by atoms with Gasteiger partial charge in [0, 0.05) is 47.8 Å². The first-order valence-corrected chi connectivity index (χ1v) is 41.5. The first kappa shape index (κ1) is 93.7. The van der Waals surface area contributed by atoms with Gasteiger partial charge in [-0.15, -0.1) is 0 Å². The third kappa shape index (κ3) is 21.8. The Morgan fingerprint density at radius 3 is 1.91 bits per heavy atom. The highest BCUT2D eigenvalue weighted by Crippen LogP contribution is 2.50. The van der Waals surface area contributed by atoms with E-state index in [4.69, 9.17) is 85.3 Å². The second-order valence-corrected chi connectivity index (χ2v) is 34.8. The molecular weight excluding hydrogens is 1710 g/mol. The lowest BCUT2D eigenvalue weighted by Gasteiger charge is -2.49. The molecule has 19 N–H and O–H groups in total. The largest absolute Gasteiger partial charge is 0.508 e. The average Bonchev–Trinajstić information content (AvgIpc) is 0.766. The number of hydrogen-bond acceptors (Lipinski definition) is 26. The normalized spacial score (nSPS) is 26.2. The number of phenolic OH excluding ortho intramolecular Hbond substituents is 3. The third-order valence-corrected chi connectivity index (χ3v) is 23.7. The molecule has 11 bridgehead atoms. The maximum atomic E-state index is 16.4. The van der Waals surface area contributed by atoms with E-state index < -0.39 is 225 Å². The van der Waals surface area contributed by atoms with Crippen molar-refractivity contribution in [3.05, 3.63) is 180 Å². The number of benzene rings is 7. The third-order valence-electron chi connectivity index (χ3n) is 22.4. The number of aromatic hydroxyl groups is 3. The molecule has 7 aromatic rings. The van der Waals surface area contributed by atoms with Crippen molar-refractivity contribution in [2.45, 2.75) is 169 Å². The highest BCUT2D eigenvalue weighted by atomic mass is 35.5. The highest BCUT2D eigenvalue weighted by Gasteiger charge is 2.54. The summed E-state index contributed by atoms with van der Waals surface area (Å²) in [5.74, 6) is -15.2. The zero-order valence-corrected chi connectivity index (χ0v) is 72.3. The van der Waals surface area contributed by atoms with Crippen LogP contribution in [0.1, 0.15) is 116 Å². The van der Waals surface area contributed by atoms with E-state index in [0.29, 0.717) is 28.9 Å². The minimum Gasteiger partial charge on any atom is -0.508 e. The van der Waals surface area contributed by atoms with Crippen LogP contribution in [0.2, 0.25) is 20.1 Å². The first-order chi connectivity index (χ1) is 59.1. The van der Waals surface area contributed by atoms with Crippen molar-refractivity contribution in [2.24, 2.45) is 11.7 Å². The number of halogens is 4. The molecule has 670 valence electrons. The molecule has 14 rings (SSSR count). The Kier molecular flexibility index (Phi) is 29.4. The van der Waals surface area contributed by atoms with Crippen LogP contribution in [0.15, 0.2) is 121 Å². The monoisotopic (exact) mass is 1810 g/mol. The summed E-state index contributed by atoms with van der Waals surface area (Å²) in [4.78, 5) is 121. The van der Waals surface area contributed by atoms with Gasteiger partial charge >= 0.3 is 5.97 Å². The Labute approximate surface area is 738 Å². The number of nitrogens with zero attached hydrogens (tertiary/aromatic N) is 2. The molecule has 7 amide bonds. The molecule has 7 aliphatic heterocycles. The van der Waals surface area contributed by atoms with Crippen LogP contribution in [0.4, 0.5) is 0 Å². The minimum atomic E-state index is -2.35. The molecule has 35 nitrogen and oxygen atoms in total. The summed E-state index contributed by atoms with van der Waals surface area (Å²) >= 11 is 26.9. The number of carboxylic acid groups (broad SMARTS) is 1. The van der Waals surface area contributed by atoms with Crippen LogP contribution in [0.3, 0.4) is 0 Å². The van der Waals surface area contributed by atoms with Crippen LogP contribution in [0.25, 0.3) is 11.1 Å². The predicted octanol–water partition coefficient (Wildman–Crippen LogP) is 5.47. The summed E-state index contributed by atoms with van der Waals surface area (Å²) < 4.78 is 47.2. The van der Waals surface area contributed by atoms with E-state index in [2.05, 4.69) is 42.5 Å². The lowest BCUT2D eigenvalue weighted by Crippen LogP contribution is -2.66. The van der Waals surface area contributed by atoms with Crippen LogP contribution in [-0.2, 0) is 65.7 Å². The van der Waals surface area contributed by atoms with Crippen molar-refractivity contribution < 1.29 is 122 Å². The second-order valence-electron chi connectivity index (χ2n) is 33.1. The topological polar surface area (TPSA) is 509 Å². The molecule has 7 aromatic carbocycles. The lowest BCUT2D eigenvalue weighted by molar-refractivity contribution is -0.893. The number of hydrogen-bond donors (Lipinski definition) is 18. The molecule has 9 unspecified atom stereocenters. The first-order valence-electron chi connectivity index (χ1n) is 40.0. The number of aliphatic hydroxyl groups excluding tert-OH is 5. The molecule has 0 saturated carbocycles. The van der Waals surface area contributed by atoms with E-state index in [1.165, 1.54) is 37.4 Å². The SMILES string of the molecule is CN[C@H](CC(C)C)C(=O)N[C@H]1C(=O)N[C@@H](CC(N)=O)C(=O)N[C@H]2C(=O)N[C@H]3C(=O)N[C@H](C(=O)N[C@H](C(=O)O)c4cc(O)cc(O)c4-c4cc3ccc4O)[C@H](O)c3ccc(c(Cl)c3)Oc3cc2cc(c3OC2OC(C[N+](C)(C)CCN(C)C)C(O)C(O)C2OC2CC(C)(NCc3ccc(OCc4ccc(Cl)c(Cl)c4)cc3)C(O)C(C)O2)Oc2ccc(cc2Cl)[C@H]1O. The van der Waals surface area contributed by atoms with Crippen molar-refractivity contribution in [1.82, 2.24) is 47.4 Å². The number of carbonyl (C=O) groups is 8. The lowest BCUT2D eigenvalue weighted by atomic mass is 9.84. The summed E-state index contributed by atoms with van der Waals surface area (Å²) in [5.41, 5.74) is 3.37. The van der Waals surface area contributed by atoms with Gasteiger partial charge in [0.05, 0.1) is 65.4 Å². The van der Waals surface area contributed by atoms with E-state index >= 15 is 24.0 Å². The number of aliphatic hydroxyl groups is 5. The van der Waals surface area contributed by atoms with Crippen molar-refractivity contribution in [1.29, 1.82) is 0 Å². The van der Waals surface area contributed by atoms with E-state index in [-0.39, 0.29) is 76.2 Å². The van der Waals surface area contributed by atoms with Gasteiger partial charge in [0.2, 0.25) is 53.4 Å².